The van der Waals surface area contributed by atoms with Crippen LogP contribution in [0, 0.1) is 6.92 Å². The van der Waals surface area contributed by atoms with E-state index in [4.69, 9.17) is 4.74 Å². The number of thioether (sulfide) groups is 1. The van der Waals surface area contributed by atoms with E-state index in [1.807, 2.05) is 0 Å². The summed E-state index contributed by atoms with van der Waals surface area (Å²) in [6.45, 7) is 6.26. The van der Waals surface area contributed by atoms with Crippen molar-refractivity contribution in [2.75, 3.05) is 16.8 Å². The van der Waals surface area contributed by atoms with Crippen LogP contribution in [0.1, 0.15) is 32.3 Å². The molecule has 0 aromatic heterocycles. The molecule has 100 valence electrons. The molecule has 0 radical (unpaired) electrons. The fourth-order valence-electron chi connectivity index (χ4n) is 2.22. The van der Waals surface area contributed by atoms with E-state index in [1.54, 1.807) is 0 Å². The Morgan fingerprint density at radius 2 is 2.22 bits per heavy atom. The molecule has 0 amide bonds. The first kappa shape index (κ1) is 13.6. The molecule has 1 N–H and O–H groups in total. The second-order valence-electron chi connectivity index (χ2n) is 5.20. The van der Waals surface area contributed by atoms with Crippen molar-refractivity contribution in [1.29, 1.82) is 0 Å². The van der Waals surface area contributed by atoms with E-state index < -0.39 is 0 Å². The lowest BCUT2D eigenvalue weighted by atomic mass is 10.1. The van der Waals surface area contributed by atoms with Gasteiger partial charge in [0.15, 0.2) is 0 Å². The molecule has 0 aliphatic carbocycles. The van der Waals surface area contributed by atoms with Gasteiger partial charge in [0.2, 0.25) is 0 Å². The lowest BCUT2D eigenvalue weighted by Crippen LogP contribution is -2.26. The van der Waals surface area contributed by atoms with Crippen molar-refractivity contribution in [3.8, 4) is 5.75 Å². The lowest BCUT2D eigenvalue weighted by Gasteiger charge is -2.24. The summed E-state index contributed by atoms with van der Waals surface area (Å²) in [6.07, 6.45) is 2.85. The summed E-state index contributed by atoms with van der Waals surface area (Å²) in [7, 11) is 0. The lowest BCUT2D eigenvalue weighted by molar-refractivity contribution is 0.242. The van der Waals surface area contributed by atoms with Crippen LogP contribution in [-0.2, 0) is 0 Å². The minimum atomic E-state index is 0.234. The van der Waals surface area contributed by atoms with Crippen LogP contribution < -0.4 is 10.1 Å². The monoisotopic (exact) mass is 265 g/mol. The molecule has 1 aliphatic rings. The van der Waals surface area contributed by atoms with Gasteiger partial charge in [-0.2, -0.15) is 11.8 Å². The van der Waals surface area contributed by atoms with Gasteiger partial charge < -0.3 is 10.1 Å². The number of hydrogen-bond acceptors (Lipinski definition) is 3. The number of aryl methyl sites for hydroxylation is 1. The molecule has 1 atom stereocenters. The minimum Gasteiger partial charge on any atom is -0.491 e. The molecule has 1 aromatic carbocycles. The second kappa shape index (κ2) is 6.37. The predicted octanol–water partition coefficient (Wildman–Crippen LogP) is 4.09. The zero-order chi connectivity index (χ0) is 13.0. The van der Waals surface area contributed by atoms with Gasteiger partial charge in [0, 0.05) is 17.5 Å². The molecular formula is C15H23NOS. The van der Waals surface area contributed by atoms with Gasteiger partial charge in [0.05, 0.1) is 6.10 Å². The van der Waals surface area contributed by atoms with Crippen molar-refractivity contribution >= 4 is 17.4 Å². The van der Waals surface area contributed by atoms with Gasteiger partial charge >= 0.3 is 0 Å². The third kappa shape index (κ3) is 3.84. The average molecular weight is 265 g/mol. The Labute approximate surface area is 114 Å². The molecule has 2 rings (SSSR count). The molecule has 0 saturated carbocycles. The molecule has 0 bridgehead atoms. The van der Waals surface area contributed by atoms with Gasteiger partial charge in [-0.05, 0) is 63.1 Å². The fourth-order valence-corrected chi connectivity index (χ4v) is 3.29. The number of anilines is 1. The van der Waals surface area contributed by atoms with Gasteiger partial charge in [-0.15, -0.1) is 0 Å². The van der Waals surface area contributed by atoms with Crippen LogP contribution in [0.5, 0.6) is 5.75 Å². The van der Waals surface area contributed by atoms with E-state index >= 15 is 0 Å². The van der Waals surface area contributed by atoms with Gasteiger partial charge in [-0.3, -0.25) is 0 Å². The molecule has 2 nitrogen and oxygen atoms in total. The first-order valence-corrected chi connectivity index (χ1v) is 7.92. The number of ether oxygens (including phenoxy) is 1. The highest BCUT2D eigenvalue weighted by Crippen LogP contribution is 2.26. The van der Waals surface area contributed by atoms with Gasteiger partial charge in [-0.25, -0.2) is 0 Å². The maximum Gasteiger partial charge on any atom is 0.120 e. The van der Waals surface area contributed by atoms with E-state index in [0.717, 1.165) is 5.75 Å². The van der Waals surface area contributed by atoms with Crippen LogP contribution in [0.3, 0.4) is 0 Å². The van der Waals surface area contributed by atoms with Gasteiger partial charge in [0.25, 0.3) is 0 Å². The van der Waals surface area contributed by atoms with Crippen LogP contribution in [0.2, 0.25) is 0 Å². The summed E-state index contributed by atoms with van der Waals surface area (Å²) in [6, 6.07) is 6.95. The van der Waals surface area contributed by atoms with E-state index in [-0.39, 0.29) is 6.10 Å². The largest absolute Gasteiger partial charge is 0.491 e. The van der Waals surface area contributed by atoms with Crippen molar-refractivity contribution in [2.24, 2.45) is 0 Å². The SMILES string of the molecule is Cc1cc(OC(C)C)ccc1NC1CCCSC1. The maximum atomic E-state index is 5.71. The minimum absolute atomic E-state index is 0.234. The standard InChI is InChI=1S/C15H23NOS/c1-11(2)17-14-6-7-15(12(3)9-14)16-13-5-4-8-18-10-13/h6-7,9,11,13,16H,4-5,8,10H2,1-3H3. The predicted molar refractivity (Wildman–Crippen MR) is 80.9 cm³/mol. The molecule has 1 heterocycles. The summed E-state index contributed by atoms with van der Waals surface area (Å²) < 4.78 is 5.71. The van der Waals surface area contributed by atoms with Crippen molar-refractivity contribution in [1.82, 2.24) is 0 Å². The Morgan fingerprint density at radius 1 is 1.39 bits per heavy atom. The zero-order valence-corrected chi connectivity index (χ0v) is 12.3. The number of hydrogen-bond donors (Lipinski definition) is 1. The summed E-state index contributed by atoms with van der Waals surface area (Å²) in [5, 5.41) is 3.65. The van der Waals surface area contributed by atoms with Crippen LogP contribution in [0.25, 0.3) is 0 Å². The molecule has 1 unspecified atom stereocenters. The Balaban J connectivity index is 2.00. The molecular weight excluding hydrogens is 242 g/mol. The summed E-state index contributed by atoms with van der Waals surface area (Å²) in [5.74, 6) is 3.51. The molecule has 1 aliphatic heterocycles. The Kier molecular flexibility index (Phi) is 4.81. The molecule has 1 fully saturated rings. The molecule has 3 heteroatoms. The molecule has 1 saturated heterocycles. The van der Waals surface area contributed by atoms with Crippen molar-refractivity contribution < 1.29 is 4.74 Å². The van der Waals surface area contributed by atoms with E-state index in [0.29, 0.717) is 6.04 Å². The summed E-state index contributed by atoms with van der Waals surface area (Å²) in [4.78, 5) is 0. The highest BCUT2D eigenvalue weighted by molar-refractivity contribution is 7.99. The number of rotatable bonds is 4. The Hall–Kier alpha value is -0.830. The fraction of sp³-hybridized carbons (Fsp3) is 0.600. The van der Waals surface area contributed by atoms with Crippen LogP contribution in [-0.4, -0.2) is 23.7 Å². The number of nitrogens with one attached hydrogen (secondary N) is 1. The highest BCUT2D eigenvalue weighted by atomic mass is 32.2. The van der Waals surface area contributed by atoms with E-state index in [1.165, 1.54) is 35.6 Å². The van der Waals surface area contributed by atoms with Crippen molar-refractivity contribution in [3.05, 3.63) is 23.8 Å². The molecule has 1 aromatic rings. The van der Waals surface area contributed by atoms with Crippen molar-refractivity contribution in [2.45, 2.75) is 45.8 Å². The summed E-state index contributed by atoms with van der Waals surface area (Å²) in [5.41, 5.74) is 2.52. The van der Waals surface area contributed by atoms with Gasteiger partial charge in [0.1, 0.15) is 5.75 Å². The summed E-state index contributed by atoms with van der Waals surface area (Å²) >= 11 is 2.05. The topological polar surface area (TPSA) is 21.3 Å². The first-order chi connectivity index (χ1) is 8.65. The zero-order valence-electron chi connectivity index (χ0n) is 11.5. The first-order valence-electron chi connectivity index (χ1n) is 6.77. The highest BCUT2D eigenvalue weighted by Gasteiger charge is 2.14. The maximum absolute atomic E-state index is 5.71. The molecule has 0 spiro atoms. The second-order valence-corrected chi connectivity index (χ2v) is 6.35. The average Bonchev–Trinajstić information content (AvgIpc) is 2.33. The van der Waals surface area contributed by atoms with Crippen LogP contribution in [0.4, 0.5) is 5.69 Å². The van der Waals surface area contributed by atoms with Crippen LogP contribution >= 0.6 is 11.8 Å². The molecule has 18 heavy (non-hydrogen) atoms. The Bertz CT molecular complexity index is 386. The van der Waals surface area contributed by atoms with Gasteiger partial charge in [-0.1, -0.05) is 0 Å². The third-order valence-corrected chi connectivity index (χ3v) is 4.31. The van der Waals surface area contributed by atoms with E-state index in [9.17, 15) is 0 Å². The smallest absolute Gasteiger partial charge is 0.120 e. The Morgan fingerprint density at radius 3 is 2.83 bits per heavy atom. The van der Waals surface area contributed by atoms with Crippen LogP contribution in [0.15, 0.2) is 18.2 Å². The van der Waals surface area contributed by atoms with Crippen molar-refractivity contribution in [3.63, 3.8) is 0 Å². The quantitative estimate of drug-likeness (QED) is 0.886. The third-order valence-electron chi connectivity index (χ3n) is 3.09. The normalized spacial score (nSPS) is 19.9. The van der Waals surface area contributed by atoms with E-state index in [2.05, 4.69) is 56.0 Å². The number of benzene rings is 1.